The van der Waals surface area contributed by atoms with E-state index in [-0.39, 0.29) is 12.1 Å². The second kappa shape index (κ2) is 10.5. The minimum absolute atomic E-state index is 0.0244. The maximum absolute atomic E-state index is 5.45. The lowest BCUT2D eigenvalue weighted by atomic mass is 9.94. The first-order chi connectivity index (χ1) is 18.3. The smallest absolute Gasteiger partial charge is 0.132 e. The molecule has 3 heteroatoms. The lowest BCUT2D eigenvalue weighted by Crippen LogP contribution is -2.32. The van der Waals surface area contributed by atoms with E-state index < -0.39 is 7.92 Å². The molecule has 0 saturated carbocycles. The monoisotopic (exact) mass is 496 g/mol. The number of aliphatic imine (C=N–C) groups is 1. The number of rotatable bonds is 6. The van der Waals surface area contributed by atoms with Crippen molar-refractivity contribution < 1.29 is 0 Å². The molecule has 1 heterocycles. The van der Waals surface area contributed by atoms with Gasteiger partial charge in [0.05, 0.1) is 6.04 Å². The average Bonchev–Trinajstić information content (AvgIpc) is 3.32. The SMILES string of the molecule is CN1C(c2ccccc2P(c2ccccc2)c2ccccc2)=NC(c2ccccc2)C1c1ccccc1. The third-order valence-corrected chi connectivity index (χ3v) is 9.51. The summed E-state index contributed by atoms with van der Waals surface area (Å²) in [5.41, 5.74) is 3.73. The van der Waals surface area contributed by atoms with Gasteiger partial charge in [-0.2, -0.15) is 0 Å². The largest absolute Gasteiger partial charge is 0.350 e. The van der Waals surface area contributed by atoms with Crippen LogP contribution in [0.15, 0.2) is 151 Å². The lowest BCUT2D eigenvalue weighted by molar-refractivity contribution is 0.364. The highest BCUT2D eigenvalue weighted by molar-refractivity contribution is 7.80. The van der Waals surface area contributed by atoms with Crippen molar-refractivity contribution in [1.82, 2.24) is 4.90 Å². The van der Waals surface area contributed by atoms with Crippen molar-refractivity contribution in [2.24, 2.45) is 4.99 Å². The second-order valence-corrected chi connectivity index (χ2v) is 11.5. The van der Waals surface area contributed by atoms with Crippen molar-refractivity contribution in [3.05, 3.63) is 162 Å². The van der Waals surface area contributed by atoms with E-state index in [1.807, 2.05) is 0 Å². The molecule has 0 N–H and O–H groups in total. The van der Waals surface area contributed by atoms with Gasteiger partial charge in [0.1, 0.15) is 11.9 Å². The molecule has 1 aliphatic rings. The van der Waals surface area contributed by atoms with E-state index in [4.69, 9.17) is 4.99 Å². The number of hydrogen-bond acceptors (Lipinski definition) is 2. The van der Waals surface area contributed by atoms with Gasteiger partial charge in [-0.05, 0) is 35.0 Å². The Balaban J connectivity index is 1.51. The molecule has 0 radical (unpaired) electrons. The van der Waals surface area contributed by atoms with Crippen molar-refractivity contribution in [2.75, 3.05) is 7.05 Å². The number of amidine groups is 1. The normalized spacial score (nSPS) is 17.1. The average molecular weight is 497 g/mol. The van der Waals surface area contributed by atoms with Gasteiger partial charge in [-0.1, -0.05) is 146 Å². The third-order valence-electron chi connectivity index (χ3n) is 7.01. The summed E-state index contributed by atoms with van der Waals surface area (Å²) in [5, 5.41) is 4.02. The van der Waals surface area contributed by atoms with Crippen LogP contribution in [-0.4, -0.2) is 17.8 Å². The van der Waals surface area contributed by atoms with Gasteiger partial charge in [-0.15, -0.1) is 0 Å². The number of hydrogen-bond donors (Lipinski definition) is 0. The Labute approximate surface area is 220 Å². The Bertz CT molecular complexity index is 1450. The summed E-state index contributed by atoms with van der Waals surface area (Å²) in [5.74, 6) is 1.05. The molecule has 37 heavy (non-hydrogen) atoms. The highest BCUT2D eigenvalue weighted by atomic mass is 31.1. The molecular formula is C34H29N2P. The molecular weight excluding hydrogens is 467 g/mol. The van der Waals surface area contributed by atoms with E-state index in [9.17, 15) is 0 Å². The molecule has 2 unspecified atom stereocenters. The van der Waals surface area contributed by atoms with Crippen molar-refractivity contribution in [3.8, 4) is 0 Å². The fourth-order valence-electron chi connectivity index (χ4n) is 5.30. The van der Waals surface area contributed by atoms with Gasteiger partial charge in [0.2, 0.25) is 0 Å². The Morgan fingerprint density at radius 1 is 0.541 bits per heavy atom. The highest BCUT2D eigenvalue weighted by Crippen LogP contribution is 2.43. The second-order valence-electron chi connectivity index (χ2n) is 9.30. The first-order valence-electron chi connectivity index (χ1n) is 12.7. The van der Waals surface area contributed by atoms with Gasteiger partial charge in [0, 0.05) is 12.6 Å². The van der Waals surface area contributed by atoms with Gasteiger partial charge >= 0.3 is 0 Å². The van der Waals surface area contributed by atoms with Crippen molar-refractivity contribution in [1.29, 1.82) is 0 Å². The minimum Gasteiger partial charge on any atom is -0.350 e. The topological polar surface area (TPSA) is 15.6 Å². The van der Waals surface area contributed by atoms with Crippen LogP contribution >= 0.6 is 7.92 Å². The van der Waals surface area contributed by atoms with Crippen LogP contribution in [0.5, 0.6) is 0 Å². The predicted octanol–water partition coefficient (Wildman–Crippen LogP) is 6.62. The van der Waals surface area contributed by atoms with Crippen molar-refractivity contribution >= 4 is 29.7 Å². The predicted molar refractivity (Wildman–Crippen MR) is 158 cm³/mol. The quantitative estimate of drug-likeness (QED) is 0.241. The first kappa shape index (κ1) is 23.4. The molecule has 0 amide bonds. The molecule has 0 spiro atoms. The fourth-order valence-corrected chi connectivity index (χ4v) is 7.74. The summed E-state index contributed by atoms with van der Waals surface area (Å²) >= 11 is 0. The number of nitrogens with zero attached hydrogens (tertiary/aromatic N) is 2. The molecule has 2 atom stereocenters. The van der Waals surface area contributed by atoms with E-state index in [0.29, 0.717) is 0 Å². The Hall–Kier alpha value is -4.00. The Morgan fingerprint density at radius 3 is 1.57 bits per heavy atom. The summed E-state index contributed by atoms with van der Waals surface area (Å²) in [6.07, 6.45) is 0. The van der Waals surface area contributed by atoms with Gasteiger partial charge in [-0.3, -0.25) is 4.99 Å². The fraction of sp³-hybridized carbons (Fsp3) is 0.0882. The van der Waals surface area contributed by atoms with Crippen molar-refractivity contribution in [3.63, 3.8) is 0 Å². The minimum atomic E-state index is -0.746. The Kier molecular flexibility index (Phi) is 6.67. The van der Waals surface area contributed by atoms with Crippen LogP contribution in [-0.2, 0) is 0 Å². The van der Waals surface area contributed by atoms with E-state index in [1.165, 1.54) is 32.6 Å². The zero-order valence-electron chi connectivity index (χ0n) is 20.9. The summed E-state index contributed by atoms with van der Waals surface area (Å²) in [6.45, 7) is 0. The van der Waals surface area contributed by atoms with E-state index in [2.05, 4.69) is 158 Å². The first-order valence-corrected chi connectivity index (χ1v) is 14.1. The third kappa shape index (κ3) is 4.61. The van der Waals surface area contributed by atoms with Crippen LogP contribution in [0.25, 0.3) is 0 Å². The number of likely N-dealkylation sites (N-methyl/N-ethyl adjacent to an activating group) is 1. The maximum atomic E-state index is 5.45. The molecule has 5 aromatic carbocycles. The summed E-state index contributed by atoms with van der Waals surface area (Å²) in [7, 11) is 1.45. The molecule has 0 aromatic heterocycles. The lowest BCUT2D eigenvalue weighted by Gasteiger charge is -2.29. The molecule has 0 bridgehead atoms. The van der Waals surface area contributed by atoms with Crippen LogP contribution in [0.2, 0.25) is 0 Å². The van der Waals surface area contributed by atoms with Gasteiger partial charge in [-0.25, -0.2) is 0 Å². The molecule has 2 nitrogen and oxygen atoms in total. The summed E-state index contributed by atoms with van der Waals surface area (Å²) in [4.78, 5) is 7.83. The van der Waals surface area contributed by atoms with Crippen LogP contribution < -0.4 is 15.9 Å². The van der Waals surface area contributed by atoms with Gasteiger partial charge < -0.3 is 4.90 Å². The van der Waals surface area contributed by atoms with Crippen LogP contribution in [0.1, 0.15) is 28.8 Å². The summed E-state index contributed by atoms with van der Waals surface area (Å²) < 4.78 is 0. The zero-order valence-corrected chi connectivity index (χ0v) is 21.7. The van der Waals surface area contributed by atoms with Crippen LogP contribution in [0.3, 0.4) is 0 Å². The van der Waals surface area contributed by atoms with E-state index in [1.54, 1.807) is 0 Å². The molecule has 0 aliphatic carbocycles. The summed E-state index contributed by atoms with van der Waals surface area (Å²) in [6, 6.07) is 52.3. The Morgan fingerprint density at radius 2 is 1.00 bits per heavy atom. The molecule has 180 valence electrons. The highest BCUT2D eigenvalue weighted by Gasteiger charge is 2.37. The maximum Gasteiger partial charge on any atom is 0.132 e. The molecule has 0 fully saturated rings. The van der Waals surface area contributed by atoms with Gasteiger partial charge in [0.15, 0.2) is 0 Å². The van der Waals surface area contributed by atoms with E-state index >= 15 is 0 Å². The van der Waals surface area contributed by atoms with Gasteiger partial charge in [0.25, 0.3) is 0 Å². The van der Waals surface area contributed by atoms with Crippen LogP contribution in [0.4, 0.5) is 0 Å². The zero-order chi connectivity index (χ0) is 25.0. The molecule has 0 saturated heterocycles. The molecule has 6 rings (SSSR count). The number of benzene rings is 5. The molecule has 1 aliphatic heterocycles. The van der Waals surface area contributed by atoms with Crippen LogP contribution in [0, 0.1) is 0 Å². The van der Waals surface area contributed by atoms with E-state index in [0.717, 1.165) is 5.84 Å². The molecule has 5 aromatic rings. The standard InChI is InChI=1S/C34H29N2P/c1-36-33(27-18-8-3-9-19-27)32(26-16-6-2-7-17-26)35-34(36)30-24-14-15-25-31(30)37(28-20-10-4-11-21-28)29-22-12-5-13-23-29/h2-25,32-33H,1H3. The van der Waals surface area contributed by atoms with Crippen molar-refractivity contribution in [2.45, 2.75) is 12.1 Å².